The van der Waals surface area contributed by atoms with Gasteiger partial charge in [-0.1, -0.05) is 30.4 Å². The van der Waals surface area contributed by atoms with Crippen molar-refractivity contribution < 1.29 is 4.79 Å². The van der Waals surface area contributed by atoms with Crippen molar-refractivity contribution in [3.05, 3.63) is 59.9 Å². The third-order valence-electron chi connectivity index (χ3n) is 3.74. The number of aromatic nitrogens is 1. The van der Waals surface area contributed by atoms with Crippen LogP contribution in [-0.4, -0.2) is 22.8 Å². The molecule has 1 aromatic carbocycles. The van der Waals surface area contributed by atoms with E-state index < -0.39 is 5.91 Å². The smallest absolute Gasteiger partial charge is 0.264 e. The molecule has 0 saturated carbocycles. The molecule has 0 fully saturated rings. The van der Waals surface area contributed by atoms with E-state index in [0.29, 0.717) is 5.70 Å². The maximum absolute atomic E-state index is 11.6. The van der Waals surface area contributed by atoms with Gasteiger partial charge >= 0.3 is 0 Å². The van der Waals surface area contributed by atoms with Crippen LogP contribution in [0.5, 0.6) is 0 Å². The average Bonchev–Trinajstić information content (AvgIpc) is 2.68. The highest BCUT2D eigenvalue weighted by molar-refractivity contribution is 5.96. The fraction of sp³-hybridized carbons (Fsp3) is 0.176. The van der Waals surface area contributed by atoms with E-state index in [2.05, 4.69) is 17.1 Å². The molecule has 1 aliphatic heterocycles. The van der Waals surface area contributed by atoms with Crippen molar-refractivity contribution in [3.63, 3.8) is 0 Å². The lowest BCUT2D eigenvalue weighted by molar-refractivity contribution is -0.115. The molecule has 0 atom stereocenters. The number of nitrogens with zero attached hydrogens (tertiary/aromatic N) is 2. The number of pyridine rings is 1. The van der Waals surface area contributed by atoms with Gasteiger partial charge in [0.1, 0.15) is 5.70 Å². The molecule has 0 spiro atoms. The molecule has 1 aromatic heterocycles. The van der Waals surface area contributed by atoms with Crippen molar-refractivity contribution >= 4 is 22.5 Å². The van der Waals surface area contributed by atoms with Crippen LogP contribution >= 0.6 is 0 Å². The number of hydrogen-bond donors (Lipinski definition) is 1. The summed E-state index contributed by atoms with van der Waals surface area (Å²) in [6.07, 6.45) is 7.53. The summed E-state index contributed by atoms with van der Waals surface area (Å²) < 4.78 is 0. The van der Waals surface area contributed by atoms with Gasteiger partial charge in [0.2, 0.25) is 0 Å². The Hall–Kier alpha value is -2.62. The molecule has 2 aromatic rings. The Morgan fingerprint density at radius 3 is 2.81 bits per heavy atom. The lowest BCUT2D eigenvalue weighted by atomic mass is 10.0. The first-order valence-electron chi connectivity index (χ1n) is 6.96. The van der Waals surface area contributed by atoms with Crippen LogP contribution in [0.4, 0.5) is 0 Å². The van der Waals surface area contributed by atoms with Gasteiger partial charge in [0.25, 0.3) is 5.91 Å². The monoisotopic (exact) mass is 279 g/mol. The van der Waals surface area contributed by atoms with Gasteiger partial charge in [-0.15, -0.1) is 0 Å². The Bertz CT molecular complexity index is 756. The molecule has 21 heavy (non-hydrogen) atoms. The Balaban J connectivity index is 2.15. The molecule has 3 rings (SSSR count). The number of hydrogen-bond acceptors (Lipinski definition) is 3. The van der Waals surface area contributed by atoms with Crippen LogP contribution in [0, 0.1) is 0 Å². The van der Waals surface area contributed by atoms with Crippen molar-refractivity contribution in [2.45, 2.75) is 12.8 Å². The van der Waals surface area contributed by atoms with E-state index in [4.69, 9.17) is 5.73 Å². The van der Waals surface area contributed by atoms with Crippen LogP contribution in [0.15, 0.2) is 54.4 Å². The van der Waals surface area contributed by atoms with E-state index in [0.717, 1.165) is 35.0 Å². The third-order valence-corrected chi connectivity index (χ3v) is 3.74. The summed E-state index contributed by atoms with van der Waals surface area (Å²) in [7, 11) is 1.88. The van der Waals surface area contributed by atoms with E-state index >= 15 is 0 Å². The highest BCUT2D eigenvalue weighted by atomic mass is 16.1. The molecule has 106 valence electrons. The van der Waals surface area contributed by atoms with Gasteiger partial charge in [-0.2, -0.15) is 0 Å². The summed E-state index contributed by atoms with van der Waals surface area (Å²) in [5, 5.41) is 1.07. The number of rotatable bonds is 2. The molecule has 1 amide bonds. The summed E-state index contributed by atoms with van der Waals surface area (Å²) in [4.78, 5) is 17.9. The predicted octanol–water partition coefficient (Wildman–Crippen LogP) is 2.67. The van der Waals surface area contributed by atoms with Crippen molar-refractivity contribution in [2.75, 3.05) is 7.05 Å². The van der Waals surface area contributed by atoms with Crippen LogP contribution in [0.2, 0.25) is 0 Å². The fourth-order valence-electron chi connectivity index (χ4n) is 2.73. The lowest BCUT2D eigenvalue weighted by Crippen LogP contribution is -2.27. The Kier molecular flexibility index (Phi) is 3.44. The van der Waals surface area contributed by atoms with Gasteiger partial charge in [0, 0.05) is 29.9 Å². The molecule has 4 heteroatoms. The Morgan fingerprint density at radius 1 is 1.19 bits per heavy atom. The van der Waals surface area contributed by atoms with Crippen molar-refractivity contribution in [1.82, 2.24) is 9.88 Å². The second-order valence-corrected chi connectivity index (χ2v) is 5.06. The summed E-state index contributed by atoms with van der Waals surface area (Å²) >= 11 is 0. The summed E-state index contributed by atoms with van der Waals surface area (Å²) in [5.74, 6) is -0.399. The summed E-state index contributed by atoms with van der Waals surface area (Å²) in [6, 6.07) is 9.99. The van der Waals surface area contributed by atoms with Crippen LogP contribution in [-0.2, 0) is 4.79 Å². The number of carbonyl (C=O) groups excluding carboxylic acids is 1. The molecule has 2 heterocycles. The van der Waals surface area contributed by atoms with Crippen molar-refractivity contribution in [1.29, 1.82) is 0 Å². The van der Waals surface area contributed by atoms with Crippen LogP contribution < -0.4 is 5.73 Å². The van der Waals surface area contributed by atoms with Gasteiger partial charge < -0.3 is 10.6 Å². The number of carbonyl (C=O) groups is 1. The quantitative estimate of drug-likeness (QED) is 0.919. The van der Waals surface area contributed by atoms with E-state index in [1.165, 1.54) is 0 Å². The number of allylic oxidation sites excluding steroid dienone is 2. The molecular formula is C17H17N3O. The third kappa shape index (κ3) is 2.40. The Morgan fingerprint density at radius 2 is 2.00 bits per heavy atom. The fourth-order valence-corrected chi connectivity index (χ4v) is 2.73. The van der Waals surface area contributed by atoms with Crippen LogP contribution in [0.25, 0.3) is 16.6 Å². The highest BCUT2D eigenvalue weighted by Crippen LogP contribution is 2.30. The predicted molar refractivity (Wildman–Crippen MR) is 84.0 cm³/mol. The van der Waals surface area contributed by atoms with Gasteiger partial charge in [-0.3, -0.25) is 9.78 Å². The number of nitrogens with two attached hydrogens (primary N) is 1. The zero-order chi connectivity index (χ0) is 14.8. The zero-order valence-corrected chi connectivity index (χ0v) is 11.9. The maximum atomic E-state index is 11.6. The minimum atomic E-state index is -0.399. The highest BCUT2D eigenvalue weighted by Gasteiger charge is 2.19. The second kappa shape index (κ2) is 5.40. The topological polar surface area (TPSA) is 59.2 Å². The van der Waals surface area contributed by atoms with E-state index in [1.807, 2.05) is 42.3 Å². The molecule has 0 unspecified atom stereocenters. The van der Waals surface area contributed by atoms with E-state index in [-0.39, 0.29) is 0 Å². The molecule has 0 saturated heterocycles. The van der Waals surface area contributed by atoms with Gasteiger partial charge in [0.05, 0.1) is 5.52 Å². The minimum absolute atomic E-state index is 0.399. The Labute approximate surface area is 123 Å². The molecule has 1 aliphatic rings. The zero-order valence-electron chi connectivity index (χ0n) is 11.9. The molecule has 0 radical (unpaired) electrons. The summed E-state index contributed by atoms with van der Waals surface area (Å²) in [5.41, 5.74) is 9.04. The average molecular weight is 279 g/mol. The SMILES string of the molecule is CN1C(C(N)=O)=CCCC=C1c1cccc2ncccc12. The standard InChI is InChI=1S/C17H17N3O/c1-20-15(9-2-3-10-16(20)17(18)21)13-6-4-8-14-12(13)7-5-11-19-14/h4-11H,2-3H2,1H3,(H2,18,21). The van der Waals surface area contributed by atoms with Gasteiger partial charge in [-0.25, -0.2) is 0 Å². The second-order valence-electron chi connectivity index (χ2n) is 5.06. The lowest BCUT2D eigenvalue weighted by Gasteiger charge is -2.24. The number of benzene rings is 1. The van der Waals surface area contributed by atoms with Gasteiger partial charge in [0.15, 0.2) is 0 Å². The number of likely N-dealkylation sites (N-methyl/N-ethyl adjacent to an activating group) is 1. The van der Waals surface area contributed by atoms with Crippen molar-refractivity contribution in [3.8, 4) is 0 Å². The minimum Gasteiger partial charge on any atom is -0.364 e. The number of amides is 1. The van der Waals surface area contributed by atoms with Crippen LogP contribution in [0.1, 0.15) is 18.4 Å². The van der Waals surface area contributed by atoms with Gasteiger partial charge in [-0.05, 0) is 25.0 Å². The first-order valence-corrected chi connectivity index (χ1v) is 6.96. The molecule has 0 aliphatic carbocycles. The van der Waals surface area contributed by atoms with Crippen molar-refractivity contribution in [2.24, 2.45) is 5.73 Å². The maximum Gasteiger partial charge on any atom is 0.264 e. The summed E-state index contributed by atoms with van der Waals surface area (Å²) in [6.45, 7) is 0. The molecule has 0 bridgehead atoms. The van der Waals surface area contributed by atoms with E-state index in [9.17, 15) is 4.79 Å². The first-order chi connectivity index (χ1) is 10.2. The van der Waals surface area contributed by atoms with E-state index in [1.54, 1.807) is 6.20 Å². The number of primary amides is 1. The first kappa shape index (κ1) is 13.4. The number of fused-ring (bicyclic) bond motifs is 1. The molecular weight excluding hydrogens is 262 g/mol. The molecule has 2 N–H and O–H groups in total. The normalized spacial score (nSPS) is 15.4. The largest absolute Gasteiger partial charge is 0.364 e. The van der Waals surface area contributed by atoms with Crippen LogP contribution in [0.3, 0.4) is 0 Å². The molecule has 4 nitrogen and oxygen atoms in total.